The van der Waals surface area contributed by atoms with Gasteiger partial charge in [-0.3, -0.25) is 9.89 Å². The minimum Gasteiger partial charge on any atom is -0.356 e. The smallest absolute Gasteiger partial charge is 0.191 e. The monoisotopic (exact) mass is 433 g/mol. The Morgan fingerprint density at radius 1 is 1.28 bits per heavy atom. The van der Waals surface area contributed by atoms with E-state index >= 15 is 0 Å². The lowest BCUT2D eigenvalue weighted by Gasteiger charge is -2.32. The summed E-state index contributed by atoms with van der Waals surface area (Å²) in [6.07, 6.45) is 3.50. The molecule has 0 bridgehead atoms. The van der Waals surface area contributed by atoms with Crippen LogP contribution in [-0.4, -0.2) is 49.1 Å². The summed E-state index contributed by atoms with van der Waals surface area (Å²) in [6.45, 7) is 11.9. The van der Waals surface area contributed by atoms with E-state index in [4.69, 9.17) is 4.98 Å². The quantitative estimate of drug-likeness (QED) is 0.486. The molecule has 1 aliphatic rings. The van der Waals surface area contributed by atoms with E-state index in [2.05, 4.69) is 64.2 Å². The summed E-state index contributed by atoms with van der Waals surface area (Å²) >= 11 is 3.61. The number of piperidine rings is 1. The number of rotatable bonds is 8. The molecule has 160 valence electrons. The third kappa shape index (κ3) is 6.52. The number of hydrogen-bond acceptors (Lipinski definition) is 5. The van der Waals surface area contributed by atoms with Crippen LogP contribution in [0.1, 0.15) is 49.2 Å². The van der Waals surface area contributed by atoms with Crippen molar-refractivity contribution in [3.63, 3.8) is 0 Å². The second-order valence-corrected chi connectivity index (χ2v) is 10.4. The molecule has 0 atom stereocenters. The van der Waals surface area contributed by atoms with Gasteiger partial charge in [-0.2, -0.15) is 0 Å². The van der Waals surface area contributed by atoms with Crippen molar-refractivity contribution in [2.24, 2.45) is 10.9 Å². The number of thiazole rings is 1. The van der Waals surface area contributed by atoms with Crippen molar-refractivity contribution in [1.29, 1.82) is 0 Å². The van der Waals surface area contributed by atoms with Gasteiger partial charge in [-0.15, -0.1) is 22.7 Å². The van der Waals surface area contributed by atoms with Crippen LogP contribution in [0.5, 0.6) is 0 Å². The number of nitrogens with one attached hydrogen (secondary N) is 2. The number of hydrogen-bond donors (Lipinski definition) is 2. The van der Waals surface area contributed by atoms with E-state index in [1.807, 2.05) is 18.4 Å². The van der Waals surface area contributed by atoms with Gasteiger partial charge in [0.15, 0.2) is 5.96 Å². The minimum atomic E-state index is 0.102. The van der Waals surface area contributed by atoms with Crippen LogP contribution in [0.15, 0.2) is 27.9 Å². The normalized spacial score (nSPS) is 16.9. The Labute approximate surface area is 183 Å². The van der Waals surface area contributed by atoms with Gasteiger partial charge in [0.2, 0.25) is 0 Å². The molecule has 2 aromatic heterocycles. The van der Waals surface area contributed by atoms with E-state index in [0.29, 0.717) is 5.92 Å². The first-order chi connectivity index (χ1) is 14.0. The van der Waals surface area contributed by atoms with Crippen LogP contribution in [0.25, 0.3) is 0 Å². The zero-order chi connectivity index (χ0) is 20.7. The molecule has 29 heavy (non-hydrogen) atoms. The summed E-state index contributed by atoms with van der Waals surface area (Å²) in [5, 5.41) is 12.7. The zero-order valence-corrected chi connectivity index (χ0v) is 19.8. The van der Waals surface area contributed by atoms with Crippen LogP contribution >= 0.6 is 22.7 Å². The molecular weight excluding hydrogens is 398 g/mol. The molecule has 0 aromatic carbocycles. The number of guanidine groups is 1. The van der Waals surface area contributed by atoms with Crippen molar-refractivity contribution in [2.45, 2.75) is 52.0 Å². The molecule has 7 heteroatoms. The van der Waals surface area contributed by atoms with Crippen molar-refractivity contribution in [2.75, 3.05) is 33.2 Å². The average Bonchev–Trinajstić information content (AvgIpc) is 3.42. The van der Waals surface area contributed by atoms with Gasteiger partial charge in [0.25, 0.3) is 0 Å². The van der Waals surface area contributed by atoms with Crippen LogP contribution < -0.4 is 10.6 Å². The second kappa shape index (κ2) is 10.5. The number of likely N-dealkylation sites (tertiary alicyclic amines) is 1. The lowest BCUT2D eigenvalue weighted by atomic mass is 9.91. The summed E-state index contributed by atoms with van der Waals surface area (Å²) in [7, 11) is 1.86. The molecule has 5 nitrogen and oxygen atoms in total. The SMILES string of the molecule is CCc1nc(CN2CCC(CNC(=NC)NCC(C)(C)c3cccs3)CC2)cs1. The summed E-state index contributed by atoms with van der Waals surface area (Å²) in [4.78, 5) is 13.1. The van der Waals surface area contributed by atoms with Crippen molar-refractivity contribution < 1.29 is 0 Å². The summed E-state index contributed by atoms with van der Waals surface area (Å²) in [6, 6.07) is 4.34. The van der Waals surface area contributed by atoms with Crippen molar-refractivity contribution in [1.82, 2.24) is 20.5 Å². The largest absolute Gasteiger partial charge is 0.356 e. The average molecular weight is 434 g/mol. The minimum absolute atomic E-state index is 0.102. The van der Waals surface area contributed by atoms with Gasteiger partial charge in [0, 0.05) is 42.4 Å². The van der Waals surface area contributed by atoms with Crippen molar-refractivity contribution >= 4 is 28.6 Å². The molecule has 0 aliphatic carbocycles. The van der Waals surface area contributed by atoms with Crippen LogP contribution in [0.2, 0.25) is 0 Å². The Hall–Kier alpha value is -1.44. The Morgan fingerprint density at radius 2 is 2.07 bits per heavy atom. The maximum atomic E-state index is 4.71. The van der Waals surface area contributed by atoms with E-state index in [-0.39, 0.29) is 5.41 Å². The molecule has 0 radical (unpaired) electrons. The maximum Gasteiger partial charge on any atom is 0.191 e. The first kappa shape index (κ1) is 22.2. The fraction of sp³-hybridized carbons (Fsp3) is 0.636. The molecule has 3 heterocycles. The highest BCUT2D eigenvalue weighted by Gasteiger charge is 2.23. The molecule has 0 spiro atoms. The molecule has 0 saturated carbocycles. The van der Waals surface area contributed by atoms with Crippen molar-refractivity contribution in [3.8, 4) is 0 Å². The third-order valence-electron chi connectivity index (χ3n) is 5.66. The molecule has 2 N–H and O–H groups in total. The summed E-state index contributed by atoms with van der Waals surface area (Å²) in [5.41, 5.74) is 1.34. The Balaban J connectivity index is 1.37. The first-order valence-corrected chi connectivity index (χ1v) is 12.4. The van der Waals surface area contributed by atoms with E-state index in [1.54, 1.807) is 11.3 Å². The topological polar surface area (TPSA) is 52.6 Å². The van der Waals surface area contributed by atoms with Gasteiger partial charge in [0.05, 0.1) is 10.7 Å². The third-order valence-corrected chi connectivity index (χ3v) is 7.94. The fourth-order valence-electron chi connectivity index (χ4n) is 3.68. The zero-order valence-electron chi connectivity index (χ0n) is 18.2. The van der Waals surface area contributed by atoms with E-state index in [9.17, 15) is 0 Å². The summed E-state index contributed by atoms with van der Waals surface area (Å²) < 4.78 is 0. The predicted octanol–water partition coefficient (Wildman–Crippen LogP) is 4.12. The first-order valence-electron chi connectivity index (χ1n) is 10.6. The highest BCUT2D eigenvalue weighted by molar-refractivity contribution is 7.10. The van der Waals surface area contributed by atoms with Gasteiger partial charge in [-0.25, -0.2) is 4.98 Å². The van der Waals surface area contributed by atoms with E-state index in [0.717, 1.165) is 45.1 Å². The highest BCUT2D eigenvalue weighted by atomic mass is 32.1. The Morgan fingerprint density at radius 3 is 2.69 bits per heavy atom. The standard InChI is InChI=1S/C22H35N5S2/c1-5-20-26-18(15-29-20)14-27-10-8-17(9-11-27)13-24-21(23-4)25-16-22(2,3)19-7-6-12-28-19/h6-7,12,15,17H,5,8-11,13-14,16H2,1-4H3,(H2,23,24,25). The van der Waals surface area contributed by atoms with Gasteiger partial charge in [-0.1, -0.05) is 26.8 Å². The van der Waals surface area contributed by atoms with Crippen LogP contribution in [0.4, 0.5) is 0 Å². The number of aliphatic imine (C=N–C) groups is 1. The van der Waals surface area contributed by atoms with Gasteiger partial charge in [0.1, 0.15) is 0 Å². The Bertz CT molecular complexity index is 758. The number of nitrogens with zero attached hydrogens (tertiary/aromatic N) is 3. The van der Waals surface area contributed by atoms with Gasteiger partial charge < -0.3 is 10.6 Å². The van der Waals surface area contributed by atoms with Crippen molar-refractivity contribution in [3.05, 3.63) is 38.5 Å². The fourth-order valence-corrected chi connectivity index (χ4v) is 5.27. The van der Waals surface area contributed by atoms with Crippen LogP contribution in [-0.2, 0) is 18.4 Å². The molecule has 2 aromatic rings. The van der Waals surface area contributed by atoms with E-state index in [1.165, 1.54) is 28.4 Å². The Kier molecular flexibility index (Phi) is 8.09. The van der Waals surface area contributed by atoms with Gasteiger partial charge >= 0.3 is 0 Å². The molecule has 1 aliphatic heterocycles. The number of thiophene rings is 1. The van der Waals surface area contributed by atoms with E-state index < -0.39 is 0 Å². The molecular formula is C22H35N5S2. The lowest BCUT2D eigenvalue weighted by Crippen LogP contribution is -2.45. The van der Waals surface area contributed by atoms with Crippen LogP contribution in [0.3, 0.4) is 0 Å². The predicted molar refractivity (Wildman–Crippen MR) is 126 cm³/mol. The number of aromatic nitrogens is 1. The molecule has 3 rings (SSSR count). The molecule has 1 fully saturated rings. The molecule has 0 amide bonds. The lowest BCUT2D eigenvalue weighted by molar-refractivity contribution is 0.176. The van der Waals surface area contributed by atoms with Gasteiger partial charge in [-0.05, 0) is 49.7 Å². The molecule has 1 saturated heterocycles. The second-order valence-electron chi connectivity index (χ2n) is 8.47. The maximum absolute atomic E-state index is 4.71. The summed E-state index contributed by atoms with van der Waals surface area (Å²) in [5.74, 6) is 1.61. The number of aryl methyl sites for hydroxylation is 1. The highest BCUT2D eigenvalue weighted by Crippen LogP contribution is 2.26. The van der Waals surface area contributed by atoms with Crippen LogP contribution in [0, 0.1) is 5.92 Å². The molecule has 0 unspecified atom stereocenters.